The number of benzene rings is 1. The van der Waals surface area contributed by atoms with Gasteiger partial charge in [0.2, 0.25) is 12.3 Å². The lowest BCUT2D eigenvalue weighted by Gasteiger charge is -2.36. The first-order valence-corrected chi connectivity index (χ1v) is 16.9. The fourth-order valence-corrected chi connectivity index (χ4v) is 7.09. The van der Waals surface area contributed by atoms with Crippen molar-refractivity contribution in [2.24, 2.45) is 13.0 Å². The third kappa shape index (κ3) is 8.55. The number of anilines is 1. The van der Waals surface area contributed by atoms with Gasteiger partial charge in [-0.1, -0.05) is 0 Å². The van der Waals surface area contributed by atoms with Crippen molar-refractivity contribution >= 4 is 23.8 Å². The van der Waals surface area contributed by atoms with Crippen molar-refractivity contribution in [1.82, 2.24) is 35.9 Å². The minimum atomic E-state index is -2.69. The molecule has 256 valence electrons. The second-order valence-corrected chi connectivity index (χ2v) is 12.9. The fraction of sp³-hybridized carbons (Fsp3) is 0.588. The van der Waals surface area contributed by atoms with Crippen LogP contribution in [0.3, 0.4) is 0 Å². The Hall–Kier alpha value is -3.84. The summed E-state index contributed by atoms with van der Waals surface area (Å²) in [6, 6.07) is 3.48. The Kier molecular flexibility index (Phi) is 12.0. The summed E-state index contributed by atoms with van der Waals surface area (Å²) < 4.78 is 30.5. The predicted molar refractivity (Wildman–Crippen MR) is 180 cm³/mol. The van der Waals surface area contributed by atoms with E-state index in [0.29, 0.717) is 74.7 Å². The lowest BCUT2D eigenvalue weighted by Crippen LogP contribution is -2.46. The summed E-state index contributed by atoms with van der Waals surface area (Å²) in [5.74, 6) is 0.934. The van der Waals surface area contributed by atoms with Gasteiger partial charge in [-0.15, -0.1) is 0 Å². The number of aromatic nitrogens is 2. The average Bonchev–Trinajstić information content (AvgIpc) is 3.52. The monoisotopic (exact) mass is 653 g/mol. The van der Waals surface area contributed by atoms with Crippen molar-refractivity contribution in [3.63, 3.8) is 0 Å². The third-order valence-corrected chi connectivity index (χ3v) is 9.64. The van der Waals surface area contributed by atoms with Crippen LogP contribution >= 0.6 is 0 Å². The lowest BCUT2D eigenvalue weighted by atomic mass is 9.92. The highest BCUT2D eigenvalue weighted by Crippen LogP contribution is 2.39. The van der Waals surface area contributed by atoms with E-state index in [4.69, 9.17) is 0 Å². The van der Waals surface area contributed by atoms with E-state index in [1.165, 1.54) is 0 Å². The van der Waals surface area contributed by atoms with Crippen LogP contribution in [0.25, 0.3) is 11.1 Å². The molecular weight excluding hydrogens is 604 g/mol. The molecule has 0 radical (unpaired) electrons. The van der Waals surface area contributed by atoms with Crippen molar-refractivity contribution in [3.05, 3.63) is 46.9 Å². The number of alkyl halides is 2. The molecule has 3 aliphatic rings. The topological polar surface area (TPSA) is 130 Å². The number of piperidine rings is 2. The highest BCUT2D eigenvalue weighted by Gasteiger charge is 2.30. The second kappa shape index (κ2) is 16.3. The minimum absolute atomic E-state index is 0.0782. The molecule has 5 rings (SSSR count). The van der Waals surface area contributed by atoms with Gasteiger partial charge in [-0.2, -0.15) is 5.10 Å². The molecule has 4 heterocycles. The van der Waals surface area contributed by atoms with Crippen molar-refractivity contribution in [1.29, 1.82) is 5.41 Å². The fourth-order valence-electron chi connectivity index (χ4n) is 7.09. The molecule has 0 atom stereocenters. The maximum absolute atomic E-state index is 14.5. The summed E-state index contributed by atoms with van der Waals surface area (Å²) in [6.07, 6.45) is 7.57. The van der Waals surface area contributed by atoms with E-state index < -0.39 is 6.43 Å². The van der Waals surface area contributed by atoms with Gasteiger partial charge in [0.1, 0.15) is 5.84 Å². The highest BCUT2D eigenvalue weighted by molar-refractivity contribution is 6.09. The molecule has 3 aliphatic heterocycles. The Morgan fingerprint density at radius 1 is 1.17 bits per heavy atom. The average molecular weight is 654 g/mol. The zero-order chi connectivity index (χ0) is 33.3. The number of carbonyl (C=O) groups is 2. The SMILES string of the molecule is CNC/C(C(=N)N1CCCc2cc(-c3cnn(C)c3)c(C(F)F)cc21)=C(\CCNC=O)NC1CCN(C(=O)CC2CCNCC2)CC1. The van der Waals surface area contributed by atoms with E-state index in [1.54, 1.807) is 30.2 Å². The van der Waals surface area contributed by atoms with Gasteiger partial charge < -0.3 is 31.1 Å². The first kappa shape index (κ1) is 34.5. The van der Waals surface area contributed by atoms with Crippen LogP contribution in [0.15, 0.2) is 35.8 Å². The molecule has 2 aromatic rings. The molecular formula is C34H49F2N9O2. The number of aryl methyl sites for hydroxylation is 2. The molecule has 5 N–H and O–H groups in total. The number of amides is 2. The van der Waals surface area contributed by atoms with Gasteiger partial charge in [-0.05, 0) is 87.8 Å². The van der Waals surface area contributed by atoms with Crippen molar-refractivity contribution in [3.8, 4) is 11.1 Å². The Bertz CT molecular complexity index is 1430. The molecule has 13 heteroatoms. The molecule has 1 aromatic carbocycles. The van der Waals surface area contributed by atoms with Gasteiger partial charge in [-0.25, -0.2) is 8.78 Å². The number of nitrogens with zero attached hydrogens (tertiary/aromatic N) is 4. The number of fused-ring (bicyclic) bond motifs is 1. The molecule has 0 unspecified atom stereocenters. The number of rotatable bonds is 13. The molecule has 0 saturated carbocycles. The normalized spacial score (nSPS) is 18.1. The van der Waals surface area contributed by atoms with Gasteiger partial charge in [0, 0.05) is 92.9 Å². The van der Waals surface area contributed by atoms with Crippen LogP contribution in [0.1, 0.15) is 62.5 Å². The van der Waals surface area contributed by atoms with Crippen molar-refractivity contribution < 1.29 is 18.4 Å². The van der Waals surface area contributed by atoms with E-state index >= 15 is 0 Å². The first-order valence-electron chi connectivity index (χ1n) is 16.9. The van der Waals surface area contributed by atoms with E-state index in [0.717, 1.165) is 68.4 Å². The van der Waals surface area contributed by atoms with Crippen LogP contribution in [0.5, 0.6) is 0 Å². The standard InChI is InChI=1S/C34H49F2N9O2/c1-38-20-29(30(7-12-40-22-46)42-26-8-14-44(15-9-26)32(47)16-23-5-10-39-11-6-23)34(37)45-13-3-4-24-17-27(25-19-41-43(2)21-25)28(33(35)36)18-31(24)45/h17-19,21-23,26,33,37-39,42H,3-16,20H2,1-2H3,(H,40,46)/b30-29-,37-34?. The number of amidine groups is 1. The maximum Gasteiger partial charge on any atom is 0.264 e. The van der Waals surface area contributed by atoms with Gasteiger partial charge in [-0.3, -0.25) is 19.7 Å². The maximum atomic E-state index is 14.5. The van der Waals surface area contributed by atoms with E-state index in [1.807, 2.05) is 22.9 Å². The summed E-state index contributed by atoms with van der Waals surface area (Å²) >= 11 is 0. The number of hydrogen-bond donors (Lipinski definition) is 5. The summed E-state index contributed by atoms with van der Waals surface area (Å²) in [7, 11) is 3.58. The number of carbonyl (C=O) groups excluding carboxylic acids is 2. The Labute approximate surface area is 276 Å². The number of likely N-dealkylation sites (tertiary alicyclic amines) is 1. The molecule has 2 fully saturated rings. The van der Waals surface area contributed by atoms with Crippen LogP contribution in [0, 0.1) is 11.3 Å². The summed E-state index contributed by atoms with van der Waals surface area (Å²) in [6.45, 7) is 4.61. The van der Waals surface area contributed by atoms with Gasteiger partial charge in [0.05, 0.1) is 6.20 Å². The van der Waals surface area contributed by atoms with Crippen LogP contribution < -0.4 is 26.2 Å². The Morgan fingerprint density at radius 2 is 1.94 bits per heavy atom. The smallest absolute Gasteiger partial charge is 0.264 e. The zero-order valence-corrected chi connectivity index (χ0v) is 27.6. The zero-order valence-electron chi connectivity index (χ0n) is 27.6. The predicted octanol–water partition coefficient (Wildman–Crippen LogP) is 3.33. The second-order valence-electron chi connectivity index (χ2n) is 12.9. The summed E-state index contributed by atoms with van der Waals surface area (Å²) in [4.78, 5) is 28.0. The Morgan fingerprint density at radius 3 is 2.60 bits per heavy atom. The number of likely N-dealkylation sites (N-methyl/N-ethyl adjacent to an activating group) is 1. The molecule has 0 aliphatic carbocycles. The quantitative estimate of drug-likeness (QED) is 0.0971. The molecule has 0 spiro atoms. The van der Waals surface area contributed by atoms with E-state index in [2.05, 4.69) is 26.4 Å². The molecule has 0 bridgehead atoms. The van der Waals surface area contributed by atoms with Crippen LogP contribution in [-0.4, -0.2) is 91.7 Å². The van der Waals surface area contributed by atoms with Gasteiger partial charge >= 0.3 is 0 Å². The number of hydrogen-bond acceptors (Lipinski definition) is 7. The third-order valence-electron chi connectivity index (χ3n) is 9.64. The van der Waals surface area contributed by atoms with E-state index in [-0.39, 0.29) is 23.3 Å². The summed E-state index contributed by atoms with van der Waals surface area (Å²) in [5.41, 5.74) is 4.15. The van der Waals surface area contributed by atoms with E-state index in [9.17, 15) is 23.8 Å². The molecule has 2 saturated heterocycles. The van der Waals surface area contributed by atoms with Crippen LogP contribution in [-0.2, 0) is 23.1 Å². The van der Waals surface area contributed by atoms with Gasteiger partial charge in [0.25, 0.3) is 6.43 Å². The van der Waals surface area contributed by atoms with Crippen LogP contribution in [0.2, 0.25) is 0 Å². The van der Waals surface area contributed by atoms with Gasteiger partial charge in [0.15, 0.2) is 0 Å². The van der Waals surface area contributed by atoms with Crippen molar-refractivity contribution in [2.45, 2.75) is 63.8 Å². The highest BCUT2D eigenvalue weighted by atomic mass is 19.3. The molecule has 2 amide bonds. The number of nitrogens with one attached hydrogen (secondary N) is 5. The molecule has 1 aromatic heterocycles. The largest absolute Gasteiger partial charge is 0.385 e. The lowest BCUT2D eigenvalue weighted by molar-refractivity contribution is -0.133. The van der Waals surface area contributed by atoms with Crippen LogP contribution in [0.4, 0.5) is 14.5 Å². The summed E-state index contributed by atoms with van der Waals surface area (Å²) in [5, 5.41) is 26.6. The molecule has 47 heavy (non-hydrogen) atoms. The minimum Gasteiger partial charge on any atom is -0.385 e. The number of halogens is 2. The Balaban J connectivity index is 1.37. The van der Waals surface area contributed by atoms with Crippen molar-refractivity contribution in [2.75, 3.05) is 57.8 Å². The molecule has 11 nitrogen and oxygen atoms in total. The first-order chi connectivity index (χ1) is 22.8.